The van der Waals surface area contributed by atoms with Gasteiger partial charge in [0, 0.05) is 26.2 Å². The van der Waals surface area contributed by atoms with E-state index in [-0.39, 0.29) is 11.2 Å². The number of carbonyl (C=O) groups is 1. The summed E-state index contributed by atoms with van der Waals surface area (Å²) in [5.41, 5.74) is 0.620. The number of nitriles is 1. The van der Waals surface area contributed by atoms with Crippen molar-refractivity contribution in [3.8, 4) is 17.4 Å². The molecule has 0 saturated carbocycles. The van der Waals surface area contributed by atoms with Crippen LogP contribution in [0, 0.1) is 11.3 Å². The minimum Gasteiger partial charge on any atom is -0.475 e. The largest absolute Gasteiger partial charge is 0.490 e. The van der Waals surface area contributed by atoms with E-state index in [9.17, 15) is 28.0 Å². The van der Waals surface area contributed by atoms with E-state index in [1.165, 1.54) is 4.57 Å². The zero-order chi connectivity index (χ0) is 28.3. The minimum atomic E-state index is -5.08. The Balaban J connectivity index is 0.000000448. The van der Waals surface area contributed by atoms with Crippen LogP contribution < -0.4 is 21.5 Å². The molecule has 3 N–H and O–H groups in total. The van der Waals surface area contributed by atoms with Gasteiger partial charge in [0.05, 0.1) is 28.0 Å². The molecule has 11 nitrogen and oxygen atoms in total. The van der Waals surface area contributed by atoms with Gasteiger partial charge in [0.1, 0.15) is 0 Å². The number of aromatic amines is 1. The third-order valence-corrected chi connectivity index (χ3v) is 5.98. The van der Waals surface area contributed by atoms with Gasteiger partial charge >= 0.3 is 17.8 Å². The van der Waals surface area contributed by atoms with Crippen molar-refractivity contribution >= 4 is 34.7 Å². The fourth-order valence-electron chi connectivity index (χ4n) is 3.96. The number of anilines is 1. The topological polar surface area (TPSA) is 149 Å². The number of halogens is 4. The van der Waals surface area contributed by atoms with Crippen molar-refractivity contribution in [1.29, 1.82) is 5.26 Å². The van der Waals surface area contributed by atoms with Gasteiger partial charge in [0.2, 0.25) is 5.95 Å². The van der Waals surface area contributed by atoms with Crippen LogP contribution in [0.1, 0.15) is 5.56 Å². The number of H-pyrrole nitrogens is 1. The van der Waals surface area contributed by atoms with Gasteiger partial charge < -0.3 is 15.3 Å². The van der Waals surface area contributed by atoms with Crippen molar-refractivity contribution in [3.05, 3.63) is 80.0 Å². The lowest BCUT2D eigenvalue weighted by molar-refractivity contribution is -0.192. The number of carboxylic acids is 1. The number of alkyl halides is 3. The highest BCUT2D eigenvalue weighted by molar-refractivity contribution is 6.32. The third kappa shape index (κ3) is 5.64. The van der Waals surface area contributed by atoms with Crippen molar-refractivity contribution in [2.24, 2.45) is 0 Å². The normalized spacial score (nSPS) is 13.5. The fraction of sp³-hybridized carbons (Fsp3) is 0.208. The Hall–Kier alpha value is -4.61. The summed E-state index contributed by atoms with van der Waals surface area (Å²) in [4.78, 5) is 44.1. The smallest absolute Gasteiger partial charge is 0.475 e. The van der Waals surface area contributed by atoms with Gasteiger partial charge in [-0.05, 0) is 30.3 Å². The first-order valence-electron chi connectivity index (χ1n) is 11.3. The molecule has 0 bridgehead atoms. The van der Waals surface area contributed by atoms with Crippen molar-refractivity contribution in [1.82, 2.24) is 24.4 Å². The van der Waals surface area contributed by atoms with E-state index < -0.39 is 23.4 Å². The summed E-state index contributed by atoms with van der Waals surface area (Å²) in [6, 6.07) is 15.9. The van der Waals surface area contributed by atoms with Crippen molar-refractivity contribution < 1.29 is 23.1 Å². The lowest BCUT2D eigenvalue weighted by atomic mass is 10.2. The molecule has 0 unspecified atom stereocenters. The van der Waals surface area contributed by atoms with E-state index in [1.54, 1.807) is 41.0 Å². The Morgan fingerprint density at radius 3 is 2.36 bits per heavy atom. The van der Waals surface area contributed by atoms with E-state index in [1.807, 2.05) is 12.1 Å². The van der Waals surface area contributed by atoms with Crippen LogP contribution in [0.2, 0.25) is 5.02 Å². The monoisotopic (exact) mass is 561 g/mol. The molecule has 3 heterocycles. The van der Waals surface area contributed by atoms with Gasteiger partial charge in [0.25, 0.3) is 5.56 Å². The minimum absolute atomic E-state index is 0.197. The summed E-state index contributed by atoms with van der Waals surface area (Å²) in [5, 5.41) is 20.2. The highest BCUT2D eigenvalue weighted by atomic mass is 35.5. The zero-order valence-electron chi connectivity index (χ0n) is 19.9. The van der Waals surface area contributed by atoms with Crippen LogP contribution in [0.3, 0.4) is 0 Å². The second-order valence-electron chi connectivity index (χ2n) is 8.17. The van der Waals surface area contributed by atoms with Gasteiger partial charge in [-0.3, -0.25) is 14.3 Å². The molecular weight excluding hydrogens is 543 g/mol. The number of nitrogens with zero attached hydrogens (tertiary/aromatic N) is 5. The molecule has 5 rings (SSSR count). The quantitative estimate of drug-likeness (QED) is 0.345. The number of piperazine rings is 1. The van der Waals surface area contributed by atoms with Gasteiger partial charge in [-0.15, -0.1) is 0 Å². The van der Waals surface area contributed by atoms with Crippen molar-refractivity contribution in [2.45, 2.75) is 6.18 Å². The van der Waals surface area contributed by atoms with Crippen LogP contribution in [-0.4, -0.2) is 62.5 Å². The van der Waals surface area contributed by atoms with Crippen molar-refractivity contribution in [2.75, 3.05) is 31.1 Å². The number of aliphatic carboxylic acids is 1. The number of para-hydroxylation sites is 1. The maximum Gasteiger partial charge on any atom is 0.490 e. The molecule has 1 aliphatic rings. The van der Waals surface area contributed by atoms with E-state index in [0.29, 0.717) is 41.0 Å². The average molecular weight is 562 g/mol. The maximum absolute atomic E-state index is 13.1. The lowest BCUT2D eigenvalue weighted by Gasteiger charge is -2.28. The number of fused-ring (bicyclic) bond motifs is 1. The number of hydrogen-bond acceptors (Lipinski definition) is 7. The molecule has 0 atom stereocenters. The van der Waals surface area contributed by atoms with Crippen LogP contribution in [0.5, 0.6) is 0 Å². The van der Waals surface area contributed by atoms with Crippen LogP contribution in [0.4, 0.5) is 19.1 Å². The molecule has 39 heavy (non-hydrogen) atoms. The molecule has 0 radical (unpaired) electrons. The third-order valence-electron chi connectivity index (χ3n) is 5.66. The Labute approximate surface area is 222 Å². The second-order valence-corrected chi connectivity index (χ2v) is 8.57. The lowest BCUT2D eigenvalue weighted by Crippen LogP contribution is -2.44. The maximum atomic E-state index is 13.1. The fourth-order valence-corrected chi connectivity index (χ4v) is 4.18. The van der Waals surface area contributed by atoms with Crippen LogP contribution in [-0.2, 0) is 4.79 Å². The molecule has 15 heteroatoms. The molecule has 2 aromatic carbocycles. The second kappa shape index (κ2) is 11.0. The Morgan fingerprint density at radius 1 is 1.08 bits per heavy atom. The van der Waals surface area contributed by atoms with E-state index in [4.69, 9.17) is 26.5 Å². The summed E-state index contributed by atoms with van der Waals surface area (Å²) in [6.07, 6.45) is -5.08. The molecule has 1 fully saturated rings. The number of carboxylic acid groups (broad SMARTS) is 1. The number of hydrogen-bond donors (Lipinski definition) is 3. The predicted octanol–water partition coefficient (Wildman–Crippen LogP) is 2.43. The number of imidazole rings is 1. The first-order valence-corrected chi connectivity index (χ1v) is 11.7. The number of nitrogens with one attached hydrogen (secondary N) is 2. The molecule has 2 aromatic heterocycles. The van der Waals surface area contributed by atoms with Crippen LogP contribution in [0.15, 0.2) is 58.1 Å². The molecule has 0 amide bonds. The highest BCUT2D eigenvalue weighted by Crippen LogP contribution is 2.30. The van der Waals surface area contributed by atoms with E-state index >= 15 is 0 Å². The summed E-state index contributed by atoms with van der Waals surface area (Å²) >= 11 is 6.51. The summed E-state index contributed by atoms with van der Waals surface area (Å²) < 4.78 is 34.8. The molecule has 4 aromatic rings. The first kappa shape index (κ1) is 27.4. The van der Waals surface area contributed by atoms with Crippen LogP contribution >= 0.6 is 11.6 Å². The van der Waals surface area contributed by atoms with E-state index in [2.05, 4.69) is 21.3 Å². The molecule has 0 aliphatic carbocycles. The molecular formula is C24H19ClF3N7O4. The molecule has 1 saturated heterocycles. The van der Waals surface area contributed by atoms with E-state index in [0.717, 1.165) is 13.1 Å². The Kier molecular flexibility index (Phi) is 7.75. The SMILES string of the molecule is N#Cc1cccc(-n2c(=O)[nH]c(=O)c3c2nc(N2CCNCC2)n3-c2ccccc2Cl)c1.O=C(O)C(F)(F)F. The zero-order valence-corrected chi connectivity index (χ0v) is 20.6. The van der Waals surface area contributed by atoms with Crippen LogP contribution in [0.25, 0.3) is 22.5 Å². The summed E-state index contributed by atoms with van der Waals surface area (Å²) in [7, 11) is 0. The summed E-state index contributed by atoms with van der Waals surface area (Å²) in [6.45, 7) is 2.89. The van der Waals surface area contributed by atoms with Gasteiger partial charge in [0.15, 0.2) is 11.2 Å². The van der Waals surface area contributed by atoms with Gasteiger partial charge in [-0.1, -0.05) is 29.8 Å². The molecule has 202 valence electrons. The number of rotatable bonds is 3. The molecule has 0 spiro atoms. The average Bonchev–Trinajstić information content (AvgIpc) is 3.30. The standard InChI is InChI=1S/C22H18ClN7O2.C2HF3O2/c23-16-6-1-2-7-17(16)30-18-19(26-21(30)28-10-8-25-9-11-28)29(22(32)27-20(18)31)15-5-3-4-14(12-15)13-24;3-2(4,5)1(6)7/h1-7,12,25H,8-11H2,(H,27,31,32);(H,6,7). The van der Waals surface area contributed by atoms with Crippen molar-refractivity contribution in [3.63, 3.8) is 0 Å². The summed E-state index contributed by atoms with van der Waals surface area (Å²) in [5.74, 6) is -2.23. The number of benzene rings is 2. The van der Waals surface area contributed by atoms with Gasteiger partial charge in [-0.2, -0.15) is 23.4 Å². The highest BCUT2D eigenvalue weighted by Gasteiger charge is 2.38. The number of aromatic nitrogens is 4. The van der Waals surface area contributed by atoms with Gasteiger partial charge in [-0.25, -0.2) is 14.2 Å². The Bertz CT molecular complexity index is 1700. The Morgan fingerprint density at radius 2 is 1.74 bits per heavy atom. The first-order chi connectivity index (χ1) is 18.5. The molecule has 1 aliphatic heterocycles. The predicted molar refractivity (Wildman–Crippen MR) is 136 cm³/mol.